The minimum atomic E-state index is 0.861. The molecule has 0 bridgehead atoms. The van der Waals surface area contributed by atoms with Crippen LogP contribution in [-0.2, 0) is 4.74 Å². The van der Waals surface area contributed by atoms with Crippen molar-refractivity contribution in [3.05, 3.63) is 40.9 Å². The number of rotatable bonds is 1. The summed E-state index contributed by atoms with van der Waals surface area (Å²) in [6.45, 7) is 3.03. The Morgan fingerprint density at radius 1 is 1.54 bits per heavy atom. The average Bonchev–Trinajstić information content (AvgIpc) is 2.39. The van der Waals surface area contributed by atoms with Gasteiger partial charge in [-0.2, -0.15) is 0 Å². The van der Waals surface area contributed by atoms with Crippen LogP contribution in [0.15, 0.2) is 40.9 Å². The SMILES string of the molecule is CCC1=C=CC=CC2=C1CCCO2. The molecular weight excluding hydrogens is 160 g/mol. The maximum absolute atomic E-state index is 5.61. The monoisotopic (exact) mass is 174 g/mol. The lowest BCUT2D eigenvalue weighted by atomic mass is 9.97. The second-order valence-electron chi connectivity index (χ2n) is 3.30. The lowest BCUT2D eigenvalue weighted by Gasteiger charge is -2.19. The fraction of sp³-hybridized carbons (Fsp3) is 0.417. The highest BCUT2D eigenvalue weighted by Crippen LogP contribution is 2.28. The third-order valence-corrected chi connectivity index (χ3v) is 2.45. The van der Waals surface area contributed by atoms with Crippen LogP contribution in [0.5, 0.6) is 0 Å². The molecular formula is C12H14O. The summed E-state index contributed by atoms with van der Waals surface area (Å²) in [5.74, 6) is 1.06. The van der Waals surface area contributed by atoms with Crippen LogP contribution in [0.25, 0.3) is 0 Å². The first-order valence-corrected chi connectivity index (χ1v) is 4.90. The summed E-state index contributed by atoms with van der Waals surface area (Å²) in [6, 6.07) is 0. The van der Waals surface area contributed by atoms with E-state index < -0.39 is 0 Å². The minimum Gasteiger partial charge on any atom is -0.493 e. The van der Waals surface area contributed by atoms with Gasteiger partial charge in [-0.15, -0.1) is 5.73 Å². The normalized spacial score (nSPS) is 20.5. The van der Waals surface area contributed by atoms with E-state index in [0.29, 0.717) is 0 Å². The van der Waals surface area contributed by atoms with Crippen LogP contribution in [0.3, 0.4) is 0 Å². The second kappa shape index (κ2) is 3.68. The van der Waals surface area contributed by atoms with Crippen LogP contribution in [0.1, 0.15) is 26.2 Å². The fourth-order valence-corrected chi connectivity index (χ4v) is 1.78. The van der Waals surface area contributed by atoms with Gasteiger partial charge in [0.15, 0.2) is 0 Å². The summed E-state index contributed by atoms with van der Waals surface area (Å²) >= 11 is 0. The molecule has 0 saturated heterocycles. The maximum Gasteiger partial charge on any atom is 0.123 e. The van der Waals surface area contributed by atoms with Crippen molar-refractivity contribution in [1.82, 2.24) is 0 Å². The zero-order chi connectivity index (χ0) is 9.10. The van der Waals surface area contributed by atoms with E-state index in [1.54, 1.807) is 0 Å². The third-order valence-electron chi connectivity index (χ3n) is 2.45. The van der Waals surface area contributed by atoms with E-state index in [0.717, 1.165) is 31.6 Å². The van der Waals surface area contributed by atoms with E-state index in [1.165, 1.54) is 11.1 Å². The van der Waals surface area contributed by atoms with Crippen molar-refractivity contribution in [2.75, 3.05) is 6.61 Å². The molecule has 0 atom stereocenters. The van der Waals surface area contributed by atoms with Crippen molar-refractivity contribution in [1.29, 1.82) is 0 Å². The average molecular weight is 174 g/mol. The lowest BCUT2D eigenvalue weighted by molar-refractivity contribution is 0.201. The fourth-order valence-electron chi connectivity index (χ4n) is 1.78. The maximum atomic E-state index is 5.61. The summed E-state index contributed by atoms with van der Waals surface area (Å²) in [6.07, 6.45) is 9.34. The third kappa shape index (κ3) is 1.61. The van der Waals surface area contributed by atoms with Crippen LogP contribution < -0.4 is 0 Å². The molecule has 0 aromatic carbocycles. The van der Waals surface area contributed by atoms with Gasteiger partial charge >= 0.3 is 0 Å². The molecule has 0 radical (unpaired) electrons. The summed E-state index contributed by atoms with van der Waals surface area (Å²) in [7, 11) is 0. The summed E-state index contributed by atoms with van der Waals surface area (Å²) in [4.78, 5) is 0. The van der Waals surface area contributed by atoms with Gasteiger partial charge in [-0.25, -0.2) is 0 Å². The van der Waals surface area contributed by atoms with Gasteiger partial charge in [0.05, 0.1) is 6.61 Å². The molecule has 1 heteroatoms. The summed E-state index contributed by atoms with van der Waals surface area (Å²) in [5.41, 5.74) is 5.96. The molecule has 2 aliphatic rings. The first kappa shape index (κ1) is 8.40. The Hall–Kier alpha value is -1.20. The Kier molecular flexibility index (Phi) is 2.37. The number of hydrogen-bond acceptors (Lipinski definition) is 1. The van der Waals surface area contributed by atoms with Crippen LogP contribution in [0.4, 0.5) is 0 Å². The van der Waals surface area contributed by atoms with Gasteiger partial charge in [-0.1, -0.05) is 13.0 Å². The molecule has 1 heterocycles. The highest BCUT2D eigenvalue weighted by molar-refractivity contribution is 5.41. The second-order valence-corrected chi connectivity index (χ2v) is 3.30. The van der Waals surface area contributed by atoms with Gasteiger partial charge in [0.1, 0.15) is 5.76 Å². The lowest BCUT2D eigenvalue weighted by Crippen LogP contribution is -2.06. The molecule has 13 heavy (non-hydrogen) atoms. The molecule has 0 saturated carbocycles. The highest BCUT2D eigenvalue weighted by atomic mass is 16.5. The minimum absolute atomic E-state index is 0.861. The highest BCUT2D eigenvalue weighted by Gasteiger charge is 2.15. The largest absolute Gasteiger partial charge is 0.493 e. The van der Waals surface area contributed by atoms with Crippen molar-refractivity contribution in [3.8, 4) is 0 Å². The topological polar surface area (TPSA) is 9.23 Å². The van der Waals surface area contributed by atoms with Crippen LogP contribution in [0, 0.1) is 0 Å². The summed E-state index contributed by atoms with van der Waals surface area (Å²) in [5, 5.41) is 0. The molecule has 0 amide bonds. The predicted octanol–water partition coefficient (Wildman–Crippen LogP) is 3.11. The predicted molar refractivity (Wildman–Crippen MR) is 53.2 cm³/mol. The van der Waals surface area contributed by atoms with Crippen molar-refractivity contribution in [2.24, 2.45) is 0 Å². The molecule has 2 rings (SSSR count). The van der Waals surface area contributed by atoms with Crippen molar-refractivity contribution >= 4 is 0 Å². The smallest absolute Gasteiger partial charge is 0.123 e. The van der Waals surface area contributed by atoms with Crippen molar-refractivity contribution in [3.63, 3.8) is 0 Å². The standard InChI is InChI=1S/C12H14O/c1-2-10-6-3-4-8-12-11(10)7-5-9-13-12/h3-4,8H,2,5,7,9H2,1H3. The molecule has 0 fully saturated rings. The van der Waals surface area contributed by atoms with Crippen molar-refractivity contribution in [2.45, 2.75) is 26.2 Å². The van der Waals surface area contributed by atoms with Gasteiger partial charge in [-0.05, 0) is 31.4 Å². The Morgan fingerprint density at radius 2 is 2.46 bits per heavy atom. The molecule has 68 valence electrons. The van der Waals surface area contributed by atoms with Crippen molar-refractivity contribution < 1.29 is 4.74 Å². The first-order chi connectivity index (χ1) is 6.42. The molecule has 0 N–H and O–H groups in total. The van der Waals surface area contributed by atoms with Gasteiger partial charge < -0.3 is 4.74 Å². The number of hydrogen-bond donors (Lipinski definition) is 0. The van der Waals surface area contributed by atoms with Gasteiger partial charge in [0.2, 0.25) is 0 Å². The molecule has 0 spiro atoms. The van der Waals surface area contributed by atoms with E-state index in [2.05, 4.69) is 12.7 Å². The van der Waals surface area contributed by atoms with Crippen LogP contribution in [0.2, 0.25) is 0 Å². The van der Waals surface area contributed by atoms with Gasteiger partial charge in [0, 0.05) is 11.1 Å². The first-order valence-electron chi connectivity index (χ1n) is 4.90. The van der Waals surface area contributed by atoms with E-state index in [4.69, 9.17) is 4.74 Å². The van der Waals surface area contributed by atoms with E-state index >= 15 is 0 Å². The van der Waals surface area contributed by atoms with Gasteiger partial charge in [0.25, 0.3) is 0 Å². The Morgan fingerprint density at radius 3 is 3.31 bits per heavy atom. The Bertz CT molecular complexity index is 325. The zero-order valence-corrected chi connectivity index (χ0v) is 7.97. The zero-order valence-electron chi connectivity index (χ0n) is 7.97. The van der Waals surface area contributed by atoms with E-state index in [9.17, 15) is 0 Å². The molecule has 0 unspecified atom stereocenters. The van der Waals surface area contributed by atoms with Crippen LogP contribution >= 0.6 is 0 Å². The number of allylic oxidation sites excluding steroid dienone is 4. The Balaban J connectivity index is 2.42. The van der Waals surface area contributed by atoms with Gasteiger partial charge in [-0.3, -0.25) is 0 Å². The van der Waals surface area contributed by atoms with E-state index in [-0.39, 0.29) is 0 Å². The summed E-state index contributed by atoms with van der Waals surface area (Å²) < 4.78 is 5.61. The quantitative estimate of drug-likeness (QED) is 0.555. The molecule has 1 nitrogen and oxygen atoms in total. The van der Waals surface area contributed by atoms with E-state index in [1.807, 2.05) is 18.2 Å². The number of ether oxygens (including phenoxy) is 1. The molecule has 0 aromatic heterocycles. The molecule has 0 aromatic rings. The molecule has 1 aliphatic carbocycles. The van der Waals surface area contributed by atoms with Crippen LogP contribution in [-0.4, -0.2) is 6.61 Å². The molecule has 1 aliphatic heterocycles. The Labute approximate surface area is 79.1 Å².